The summed E-state index contributed by atoms with van der Waals surface area (Å²) < 4.78 is 0. The Morgan fingerprint density at radius 1 is 1.17 bits per heavy atom. The molecule has 1 aromatic carbocycles. The molecule has 2 aromatic rings. The van der Waals surface area contributed by atoms with Crippen molar-refractivity contribution in [3.8, 4) is 0 Å². The Balaban J connectivity index is 2.03. The fourth-order valence-electron chi connectivity index (χ4n) is 4.74. The summed E-state index contributed by atoms with van der Waals surface area (Å²) in [6.07, 6.45) is 3.39. The molecule has 4 rings (SSSR count). The summed E-state index contributed by atoms with van der Waals surface area (Å²) in [7, 11) is 0. The molecule has 0 aliphatic heterocycles. The minimum absolute atomic E-state index is 0.0552. The molecule has 0 saturated heterocycles. The van der Waals surface area contributed by atoms with Gasteiger partial charge in [-0.1, -0.05) is 56.7 Å². The van der Waals surface area contributed by atoms with Crippen LogP contribution in [0.5, 0.6) is 0 Å². The second kappa shape index (κ2) is 5.38. The minimum Gasteiger partial charge on any atom is -0.294 e. The number of hydrogen-bond donors (Lipinski definition) is 0. The van der Waals surface area contributed by atoms with E-state index in [2.05, 4.69) is 50.0 Å². The van der Waals surface area contributed by atoms with Gasteiger partial charge in [0.05, 0.1) is 16.6 Å². The second-order valence-corrected chi connectivity index (χ2v) is 8.70. The third-order valence-electron chi connectivity index (χ3n) is 5.60. The molecule has 0 bridgehead atoms. The zero-order valence-electron chi connectivity index (χ0n) is 14.6. The number of aromatic nitrogens is 1. The first-order valence-electron chi connectivity index (χ1n) is 8.72. The molecule has 2 aliphatic rings. The number of fused-ring (bicyclic) bond motifs is 1. The van der Waals surface area contributed by atoms with Gasteiger partial charge in [-0.15, -0.1) is 11.3 Å². The van der Waals surface area contributed by atoms with Crippen molar-refractivity contribution < 1.29 is 4.79 Å². The molecule has 0 N–H and O–H groups in total. The minimum atomic E-state index is -0.307. The zero-order valence-corrected chi connectivity index (χ0v) is 15.4. The predicted molar refractivity (Wildman–Crippen MR) is 98.4 cm³/mol. The van der Waals surface area contributed by atoms with Crippen LogP contribution in [-0.4, -0.2) is 10.8 Å². The molecule has 0 radical (unpaired) electrons. The van der Waals surface area contributed by atoms with Crippen molar-refractivity contribution in [3.05, 3.63) is 63.1 Å². The van der Waals surface area contributed by atoms with Gasteiger partial charge in [0.1, 0.15) is 0 Å². The van der Waals surface area contributed by atoms with Crippen molar-refractivity contribution in [3.63, 3.8) is 0 Å². The Morgan fingerprint density at radius 2 is 1.92 bits per heavy atom. The zero-order chi connectivity index (χ0) is 16.9. The summed E-state index contributed by atoms with van der Waals surface area (Å²) in [6.45, 7) is 6.63. The number of Topliss-reactive ketones (excluding diaryl/α,β-unsaturated/α-hetero) is 1. The van der Waals surface area contributed by atoms with Crippen LogP contribution in [-0.2, 0) is 16.6 Å². The summed E-state index contributed by atoms with van der Waals surface area (Å²) >= 11 is 1.71. The van der Waals surface area contributed by atoms with Gasteiger partial charge in [-0.2, -0.15) is 0 Å². The maximum Gasteiger partial charge on any atom is 0.160 e. The average molecular weight is 337 g/mol. The fraction of sp³-hybridized carbons (Fsp3) is 0.429. The molecule has 2 aliphatic carbocycles. The number of carbonyl (C=O) groups excluding carboxylic acids is 1. The number of ketones is 1. The van der Waals surface area contributed by atoms with E-state index in [9.17, 15) is 4.79 Å². The van der Waals surface area contributed by atoms with Crippen LogP contribution in [0.2, 0.25) is 0 Å². The lowest BCUT2D eigenvalue weighted by Crippen LogP contribution is -2.41. The van der Waals surface area contributed by atoms with Crippen LogP contribution in [0.1, 0.15) is 56.2 Å². The molecule has 1 heterocycles. The summed E-state index contributed by atoms with van der Waals surface area (Å²) in [5, 5.41) is 0. The van der Waals surface area contributed by atoms with E-state index in [1.165, 1.54) is 21.7 Å². The smallest absolute Gasteiger partial charge is 0.160 e. The van der Waals surface area contributed by atoms with Crippen LogP contribution in [0.25, 0.3) is 0 Å². The van der Waals surface area contributed by atoms with E-state index in [-0.39, 0.29) is 10.8 Å². The Morgan fingerprint density at radius 3 is 2.62 bits per heavy atom. The number of thiazole rings is 1. The van der Waals surface area contributed by atoms with E-state index < -0.39 is 0 Å². The highest BCUT2D eigenvalue weighted by molar-refractivity contribution is 7.10. The molecular weight excluding hydrogens is 314 g/mol. The van der Waals surface area contributed by atoms with Crippen LogP contribution >= 0.6 is 11.3 Å². The molecule has 0 spiro atoms. The van der Waals surface area contributed by atoms with E-state index in [1.807, 2.05) is 11.6 Å². The second-order valence-electron chi connectivity index (χ2n) is 7.85. The van der Waals surface area contributed by atoms with Crippen LogP contribution in [0.4, 0.5) is 0 Å². The monoisotopic (exact) mass is 337 g/mol. The number of nitrogens with zero attached hydrogens (tertiary/aromatic N) is 1. The maximum atomic E-state index is 13.3. The summed E-state index contributed by atoms with van der Waals surface area (Å²) in [5.74, 6) is 0.339. The van der Waals surface area contributed by atoms with Gasteiger partial charge in [0.25, 0.3) is 0 Å². The lowest BCUT2D eigenvalue weighted by molar-refractivity contribution is -0.118. The van der Waals surface area contributed by atoms with Gasteiger partial charge in [-0.05, 0) is 23.8 Å². The van der Waals surface area contributed by atoms with Crippen LogP contribution < -0.4 is 0 Å². The summed E-state index contributed by atoms with van der Waals surface area (Å²) in [5.41, 5.74) is 6.51. The first-order chi connectivity index (χ1) is 11.5. The van der Waals surface area contributed by atoms with Gasteiger partial charge in [0.2, 0.25) is 0 Å². The Kier molecular flexibility index (Phi) is 3.54. The number of hydrogen-bond acceptors (Lipinski definition) is 3. The third-order valence-corrected chi connectivity index (χ3v) is 6.63. The highest BCUT2D eigenvalue weighted by Crippen LogP contribution is 2.54. The number of rotatable bonds is 2. The molecule has 24 heavy (non-hydrogen) atoms. The SMILES string of the molecule is CC[C@@]1(c2ccccc2)C2=C(Cc3ncsc31)CC(C)(C)CC2=O. The Bertz CT molecular complexity index is 831. The van der Waals surface area contributed by atoms with Crippen molar-refractivity contribution in [2.75, 3.05) is 0 Å². The van der Waals surface area contributed by atoms with Gasteiger partial charge in [-0.3, -0.25) is 4.79 Å². The van der Waals surface area contributed by atoms with Gasteiger partial charge in [-0.25, -0.2) is 4.98 Å². The Hall–Kier alpha value is -1.74. The Labute approximate surface area is 147 Å². The lowest BCUT2D eigenvalue weighted by atomic mass is 9.59. The van der Waals surface area contributed by atoms with Crippen molar-refractivity contribution in [2.45, 2.75) is 51.9 Å². The molecule has 2 nitrogen and oxygen atoms in total. The van der Waals surface area contributed by atoms with Crippen molar-refractivity contribution in [1.29, 1.82) is 0 Å². The number of benzene rings is 1. The lowest BCUT2D eigenvalue weighted by Gasteiger charge is -2.44. The predicted octanol–water partition coefficient (Wildman–Crippen LogP) is 5.08. The van der Waals surface area contributed by atoms with E-state index in [4.69, 9.17) is 0 Å². The van der Waals surface area contributed by atoms with Gasteiger partial charge >= 0.3 is 0 Å². The summed E-state index contributed by atoms with van der Waals surface area (Å²) in [6, 6.07) is 10.6. The summed E-state index contributed by atoms with van der Waals surface area (Å²) in [4.78, 5) is 19.2. The van der Waals surface area contributed by atoms with Crippen molar-refractivity contribution in [1.82, 2.24) is 4.98 Å². The quantitative estimate of drug-likeness (QED) is 0.765. The topological polar surface area (TPSA) is 30.0 Å². The molecule has 0 amide bonds. The van der Waals surface area contributed by atoms with E-state index in [1.54, 1.807) is 11.3 Å². The molecule has 0 fully saturated rings. The van der Waals surface area contributed by atoms with Crippen molar-refractivity contribution in [2.24, 2.45) is 5.41 Å². The van der Waals surface area contributed by atoms with Crippen LogP contribution in [0.15, 0.2) is 47.0 Å². The first-order valence-corrected chi connectivity index (χ1v) is 9.60. The fourth-order valence-corrected chi connectivity index (χ4v) is 5.85. The largest absolute Gasteiger partial charge is 0.294 e. The molecular formula is C21H23NOS. The molecule has 0 saturated carbocycles. The molecule has 0 unspecified atom stereocenters. The van der Waals surface area contributed by atoms with Gasteiger partial charge in [0.15, 0.2) is 5.78 Å². The normalized spacial score (nSPS) is 25.4. The van der Waals surface area contributed by atoms with E-state index in [0.717, 1.165) is 24.8 Å². The number of carbonyl (C=O) groups is 1. The number of allylic oxidation sites excluding steroid dienone is 2. The highest BCUT2D eigenvalue weighted by atomic mass is 32.1. The molecule has 1 atom stereocenters. The average Bonchev–Trinajstić information content (AvgIpc) is 3.01. The van der Waals surface area contributed by atoms with Gasteiger partial charge in [0, 0.05) is 23.3 Å². The molecule has 124 valence electrons. The standard InChI is InChI=1S/C21H23NOS/c1-4-21(15-8-6-5-7-9-15)18-14(10-16-19(21)24-13-22-16)11-20(2,3)12-17(18)23/h5-9,13H,4,10-12H2,1-3H3/t21-/m1/s1. The van der Waals surface area contributed by atoms with E-state index in [0.29, 0.717) is 12.2 Å². The van der Waals surface area contributed by atoms with Crippen LogP contribution in [0.3, 0.4) is 0 Å². The highest BCUT2D eigenvalue weighted by Gasteiger charge is 2.49. The van der Waals surface area contributed by atoms with Crippen LogP contribution in [0, 0.1) is 5.41 Å². The maximum absolute atomic E-state index is 13.3. The first kappa shape index (κ1) is 15.8. The molecule has 1 aromatic heterocycles. The van der Waals surface area contributed by atoms with Crippen molar-refractivity contribution >= 4 is 17.1 Å². The van der Waals surface area contributed by atoms with Gasteiger partial charge < -0.3 is 0 Å². The third kappa shape index (κ3) is 2.14. The molecule has 3 heteroatoms. The van der Waals surface area contributed by atoms with E-state index >= 15 is 0 Å².